The van der Waals surface area contributed by atoms with E-state index in [-0.39, 0.29) is 5.69 Å². The van der Waals surface area contributed by atoms with E-state index in [9.17, 15) is 18.0 Å². The Morgan fingerprint density at radius 1 is 1.15 bits per heavy atom. The Hall–Kier alpha value is -1.76. The van der Waals surface area contributed by atoms with E-state index in [0.717, 1.165) is 25.2 Å². The molecule has 0 unspecified atom stereocenters. The Balaban J connectivity index is 2.31. The maximum atomic E-state index is 12.9. The van der Waals surface area contributed by atoms with Crippen molar-refractivity contribution in [2.75, 3.05) is 43.4 Å². The van der Waals surface area contributed by atoms with Crippen LogP contribution in [0.2, 0.25) is 0 Å². The van der Waals surface area contributed by atoms with Crippen LogP contribution in [0.4, 0.5) is 24.5 Å². The van der Waals surface area contributed by atoms with Gasteiger partial charge in [0.05, 0.1) is 5.56 Å². The van der Waals surface area contributed by atoms with E-state index < -0.39 is 11.7 Å². The number of amides is 1. The number of hydrogen-bond acceptors (Lipinski definition) is 3. The molecule has 0 atom stereocenters. The van der Waals surface area contributed by atoms with Crippen LogP contribution in [-0.4, -0.2) is 44.5 Å². The lowest BCUT2D eigenvalue weighted by Gasteiger charge is -2.34. The lowest BCUT2D eigenvalue weighted by Crippen LogP contribution is -2.44. The highest BCUT2D eigenvalue weighted by molar-refractivity contribution is 5.74. The number of nitrogens with one attached hydrogen (secondary N) is 1. The molecule has 1 saturated heterocycles. The third kappa shape index (κ3) is 3.41. The Morgan fingerprint density at radius 3 is 2.35 bits per heavy atom. The van der Waals surface area contributed by atoms with E-state index in [1.165, 1.54) is 0 Å². The standard InChI is InChI=1S/C13H16F3N3O/c1-18-2-4-19(5-3-18)12-7-10(13(14,15)16)6-11(8-12)17-9-20/h6-9H,2-5H2,1H3,(H,17,20). The van der Waals surface area contributed by atoms with E-state index in [2.05, 4.69) is 10.2 Å². The van der Waals surface area contributed by atoms with Gasteiger partial charge in [-0.25, -0.2) is 0 Å². The summed E-state index contributed by atoms with van der Waals surface area (Å²) < 4.78 is 38.6. The molecular formula is C13H16F3N3O. The average Bonchev–Trinajstić information content (AvgIpc) is 2.38. The Bertz CT molecular complexity index is 482. The largest absolute Gasteiger partial charge is 0.416 e. The topological polar surface area (TPSA) is 35.6 Å². The van der Waals surface area contributed by atoms with Crippen LogP contribution < -0.4 is 10.2 Å². The minimum Gasteiger partial charge on any atom is -0.369 e. The van der Waals surface area contributed by atoms with Crippen LogP contribution in [0.1, 0.15) is 5.56 Å². The second-order valence-corrected chi connectivity index (χ2v) is 4.82. The smallest absolute Gasteiger partial charge is 0.369 e. The summed E-state index contributed by atoms with van der Waals surface area (Å²) in [6, 6.07) is 3.63. The van der Waals surface area contributed by atoms with E-state index in [0.29, 0.717) is 25.2 Å². The summed E-state index contributed by atoms with van der Waals surface area (Å²) in [5.74, 6) is 0. The van der Waals surface area contributed by atoms with Gasteiger partial charge in [0.2, 0.25) is 6.41 Å². The van der Waals surface area contributed by atoms with Gasteiger partial charge in [-0.2, -0.15) is 13.2 Å². The summed E-state index contributed by atoms with van der Waals surface area (Å²) in [6.07, 6.45) is -4.05. The summed E-state index contributed by atoms with van der Waals surface area (Å²) in [5.41, 5.74) is -0.112. The number of alkyl halides is 3. The lowest BCUT2D eigenvalue weighted by atomic mass is 10.1. The quantitative estimate of drug-likeness (QED) is 0.864. The summed E-state index contributed by atoms with van der Waals surface area (Å²) in [6.45, 7) is 2.93. The first-order valence-electron chi connectivity index (χ1n) is 6.26. The molecule has 1 amide bonds. The molecule has 4 nitrogen and oxygen atoms in total. The molecule has 2 rings (SSSR count). The first-order valence-corrected chi connectivity index (χ1v) is 6.26. The van der Waals surface area contributed by atoms with Gasteiger partial charge in [-0.3, -0.25) is 4.79 Å². The minimum absolute atomic E-state index is 0.156. The molecule has 1 aromatic carbocycles. The second kappa shape index (κ2) is 5.70. The molecule has 1 N–H and O–H groups in total. The molecule has 0 bridgehead atoms. The van der Waals surface area contributed by atoms with E-state index in [4.69, 9.17) is 0 Å². The summed E-state index contributed by atoms with van der Waals surface area (Å²) in [7, 11) is 1.98. The molecule has 1 aliphatic heterocycles. The molecule has 1 fully saturated rings. The van der Waals surface area contributed by atoms with Crippen LogP contribution in [0, 0.1) is 0 Å². The van der Waals surface area contributed by atoms with Crippen LogP contribution in [0.3, 0.4) is 0 Å². The number of carbonyl (C=O) groups excluding carboxylic acids is 1. The number of halogens is 3. The fraction of sp³-hybridized carbons (Fsp3) is 0.462. The molecule has 0 radical (unpaired) electrons. The lowest BCUT2D eigenvalue weighted by molar-refractivity contribution is -0.137. The highest BCUT2D eigenvalue weighted by atomic mass is 19.4. The zero-order valence-corrected chi connectivity index (χ0v) is 11.1. The van der Waals surface area contributed by atoms with E-state index in [1.54, 1.807) is 6.07 Å². The van der Waals surface area contributed by atoms with Gasteiger partial charge in [-0.05, 0) is 25.2 Å². The van der Waals surface area contributed by atoms with Gasteiger partial charge < -0.3 is 15.1 Å². The predicted molar refractivity (Wildman–Crippen MR) is 70.8 cm³/mol. The number of carbonyl (C=O) groups is 1. The number of rotatable bonds is 3. The van der Waals surface area contributed by atoms with Crippen LogP contribution in [0.25, 0.3) is 0 Å². The normalized spacial score (nSPS) is 17.1. The molecule has 1 aliphatic rings. The highest BCUT2D eigenvalue weighted by Gasteiger charge is 2.32. The van der Waals surface area contributed by atoms with Gasteiger partial charge >= 0.3 is 6.18 Å². The number of hydrogen-bond donors (Lipinski definition) is 1. The highest BCUT2D eigenvalue weighted by Crippen LogP contribution is 2.34. The van der Waals surface area contributed by atoms with Crippen molar-refractivity contribution in [1.82, 2.24) is 4.90 Å². The van der Waals surface area contributed by atoms with Gasteiger partial charge in [0, 0.05) is 37.6 Å². The second-order valence-electron chi connectivity index (χ2n) is 4.82. The minimum atomic E-state index is -4.43. The van der Waals surface area contributed by atoms with Crippen molar-refractivity contribution >= 4 is 17.8 Å². The fourth-order valence-electron chi connectivity index (χ4n) is 2.17. The molecule has 0 aromatic heterocycles. The van der Waals surface area contributed by atoms with Crippen LogP contribution in [0.5, 0.6) is 0 Å². The number of nitrogens with zero attached hydrogens (tertiary/aromatic N) is 2. The summed E-state index contributed by atoms with van der Waals surface area (Å²) in [5, 5.41) is 2.29. The third-order valence-corrected chi connectivity index (χ3v) is 3.34. The van der Waals surface area contributed by atoms with Crippen molar-refractivity contribution in [3.05, 3.63) is 23.8 Å². The monoisotopic (exact) mass is 287 g/mol. The van der Waals surface area contributed by atoms with E-state index in [1.807, 2.05) is 11.9 Å². The first-order chi connectivity index (χ1) is 9.40. The molecule has 1 heterocycles. The Kier molecular flexibility index (Phi) is 4.17. The van der Waals surface area contributed by atoms with Crippen molar-refractivity contribution in [2.24, 2.45) is 0 Å². The zero-order chi connectivity index (χ0) is 14.8. The maximum absolute atomic E-state index is 12.9. The van der Waals surface area contributed by atoms with Gasteiger partial charge in [0.15, 0.2) is 0 Å². The first kappa shape index (κ1) is 14.6. The predicted octanol–water partition coefficient (Wildman–Crippen LogP) is 2.03. The van der Waals surface area contributed by atoms with Crippen molar-refractivity contribution < 1.29 is 18.0 Å². The Labute approximate surface area is 115 Å². The van der Waals surface area contributed by atoms with Crippen molar-refractivity contribution in [1.29, 1.82) is 0 Å². The zero-order valence-electron chi connectivity index (χ0n) is 11.1. The third-order valence-electron chi connectivity index (χ3n) is 3.34. The molecule has 0 saturated carbocycles. The molecular weight excluding hydrogens is 271 g/mol. The number of anilines is 2. The molecule has 0 spiro atoms. The van der Waals surface area contributed by atoms with E-state index >= 15 is 0 Å². The van der Waals surface area contributed by atoms with Gasteiger partial charge in [-0.15, -0.1) is 0 Å². The molecule has 20 heavy (non-hydrogen) atoms. The maximum Gasteiger partial charge on any atom is 0.416 e. The van der Waals surface area contributed by atoms with Crippen molar-refractivity contribution in [3.63, 3.8) is 0 Å². The number of benzene rings is 1. The molecule has 7 heteroatoms. The average molecular weight is 287 g/mol. The number of piperazine rings is 1. The van der Waals surface area contributed by atoms with Crippen LogP contribution in [-0.2, 0) is 11.0 Å². The Morgan fingerprint density at radius 2 is 1.80 bits per heavy atom. The van der Waals surface area contributed by atoms with Crippen LogP contribution in [0.15, 0.2) is 18.2 Å². The van der Waals surface area contributed by atoms with Crippen molar-refractivity contribution in [3.8, 4) is 0 Å². The molecule has 110 valence electrons. The van der Waals surface area contributed by atoms with Gasteiger partial charge in [0.25, 0.3) is 0 Å². The van der Waals surface area contributed by atoms with Gasteiger partial charge in [0.1, 0.15) is 0 Å². The fourth-order valence-corrected chi connectivity index (χ4v) is 2.17. The SMILES string of the molecule is CN1CCN(c2cc(NC=O)cc(C(F)(F)F)c2)CC1. The van der Waals surface area contributed by atoms with Gasteiger partial charge in [-0.1, -0.05) is 0 Å². The molecule has 1 aromatic rings. The molecule has 0 aliphatic carbocycles. The summed E-state index contributed by atoms with van der Waals surface area (Å²) in [4.78, 5) is 14.5. The number of likely N-dealkylation sites (N-methyl/N-ethyl adjacent to an activating group) is 1. The van der Waals surface area contributed by atoms with Crippen molar-refractivity contribution in [2.45, 2.75) is 6.18 Å². The summed E-state index contributed by atoms with van der Waals surface area (Å²) >= 11 is 0. The van der Waals surface area contributed by atoms with Crippen LogP contribution >= 0.6 is 0 Å².